The first kappa shape index (κ1) is 9.84. The van der Waals surface area contributed by atoms with E-state index in [-0.39, 0.29) is 5.60 Å². The van der Waals surface area contributed by atoms with Gasteiger partial charge in [-0.25, -0.2) is 0 Å². The van der Waals surface area contributed by atoms with Gasteiger partial charge in [0.15, 0.2) is 11.5 Å². The maximum absolute atomic E-state index is 5.80. The van der Waals surface area contributed by atoms with Crippen LogP contribution >= 0.6 is 15.9 Å². The molecule has 0 aromatic heterocycles. The van der Waals surface area contributed by atoms with E-state index in [1.807, 2.05) is 32.9 Å². The fraction of sp³-hybridized carbons (Fsp3) is 0.455. The average Bonchev–Trinajstić information content (AvgIpc) is 2.10. The zero-order valence-corrected chi connectivity index (χ0v) is 10.1. The monoisotopic (exact) mass is 256 g/mol. The molecule has 1 aromatic rings. The molecule has 1 aliphatic rings. The van der Waals surface area contributed by atoms with E-state index in [1.165, 1.54) is 0 Å². The van der Waals surface area contributed by atoms with Crippen molar-refractivity contribution in [3.05, 3.63) is 22.2 Å². The van der Waals surface area contributed by atoms with Gasteiger partial charge in [0, 0.05) is 0 Å². The van der Waals surface area contributed by atoms with Crippen LogP contribution in [0.5, 0.6) is 11.5 Å². The summed E-state index contributed by atoms with van der Waals surface area (Å²) in [5.41, 5.74) is 0.925. The van der Waals surface area contributed by atoms with E-state index in [0.717, 1.165) is 21.5 Å². The topological polar surface area (TPSA) is 18.5 Å². The van der Waals surface area contributed by atoms with Crippen molar-refractivity contribution in [1.29, 1.82) is 0 Å². The van der Waals surface area contributed by atoms with Gasteiger partial charge in [0.25, 0.3) is 0 Å². The second kappa shape index (κ2) is 3.16. The molecule has 0 aliphatic carbocycles. The van der Waals surface area contributed by atoms with Gasteiger partial charge in [0.1, 0.15) is 12.2 Å². The average molecular weight is 257 g/mol. The van der Waals surface area contributed by atoms with Crippen LogP contribution < -0.4 is 9.47 Å². The summed E-state index contributed by atoms with van der Waals surface area (Å²) in [6, 6.07) is 3.98. The Kier molecular flexibility index (Phi) is 2.22. The molecule has 0 fully saturated rings. The van der Waals surface area contributed by atoms with Crippen molar-refractivity contribution in [2.75, 3.05) is 6.61 Å². The maximum Gasteiger partial charge on any atom is 0.175 e. The number of benzene rings is 1. The van der Waals surface area contributed by atoms with E-state index in [2.05, 4.69) is 15.9 Å². The second-order valence-corrected chi connectivity index (χ2v) is 4.97. The van der Waals surface area contributed by atoms with E-state index in [9.17, 15) is 0 Å². The van der Waals surface area contributed by atoms with Crippen molar-refractivity contribution in [3.8, 4) is 11.5 Å². The van der Waals surface area contributed by atoms with Crippen LogP contribution in [0.4, 0.5) is 0 Å². The third kappa shape index (κ3) is 1.61. The first-order valence-corrected chi connectivity index (χ1v) is 5.40. The van der Waals surface area contributed by atoms with Gasteiger partial charge in [-0.1, -0.05) is 6.07 Å². The largest absolute Gasteiger partial charge is 0.484 e. The standard InChI is InChI=1S/C11H13BrO2/c1-7-4-5-8-10(9(7)12)13-6-11(2,3)14-8/h4-5H,6H2,1-3H3. The summed E-state index contributed by atoms with van der Waals surface area (Å²) < 4.78 is 12.5. The van der Waals surface area contributed by atoms with Crippen LogP contribution in [0.3, 0.4) is 0 Å². The highest BCUT2D eigenvalue weighted by atomic mass is 79.9. The van der Waals surface area contributed by atoms with Gasteiger partial charge in [0.05, 0.1) is 4.47 Å². The van der Waals surface area contributed by atoms with Crippen LogP contribution in [0.15, 0.2) is 16.6 Å². The molecule has 0 bridgehead atoms. The molecule has 0 saturated carbocycles. The molecule has 0 spiro atoms. The molecule has 1 aromatic carbocycles. The van der Waals surface area contributed by atoms with Gasteiger partial charge in [-0.3, -0.25) is 0 Å². The number of hydrogen-bond donors (Lipinski definition) is 0. The smallest absolute Gasteiger partial charge is 0.175 e. The minimum atomic E-state index is -0.234. The summed E-state index contributed by atoms with van der Waals surface area (Å²) in [7, 11) is 0. The molecule has 0 unspecified atom stereocenters. The number of ether oxygens (including phenoxy) is 2. The van der Waals surface area contributed by atoms with Gasteiger partial charge >= 0.3 is 0 Å². The van der Waals surface area contributed by atoms with Crippen molar-refractivity contribution < 1.29 is 9.47 Å². The van der Waals surface area contributed by atoms with Crippen LogP contribution in [-0.2, 0) is 0 Å². The van der Waals surface area contributed by atoms with Crippen molar-refractivity contribution >= 4 is 15.9 Å². The Morgan fingerprint density at radius 2 is 2.07 bits per heavy atom. The van der Waals surface area contributed by atoms with Crippen molar-refractivity contribution in [3.63, 3.8) is 0 Å². The lowest BCUT2D eigenvalue weighted by Crippen LogP contribution is -2.38. The van der Waals surface area contributed by atoms with E-state index in [1.54, 1.807) is 0 Å². The fourth-order valence-electron chi connectivity index (χ4n) is 1.42. The van der Waals surface area contributed by atoms with Crippen LogP contribution in [0.25, 0.3) is 0 Å². The summed E-state index contributed by atoms with van der Waals surface area (Å²) >= 11 is 3.50. The highest BCUT2D eigenvalue weighted by Gasteiger charge is 2.29. The summed E-state index contributed by atoms with van der Waals surface area (Å²) in [6.07, 6.45) is 0. The molecule has 3 heteroatoms. The molecule has 76 valence electrons. The molecule has 0 N–H and O–H groups in total. The van der Waals surface area contributed by atoms with Gasteiger partial charge < -0.3 is 9.47 Å². The summed E-state index contributed by atoms with van der Waals surface area (Å²) in [5, 5.41) is 0. The minimum Gasteiger partial charge on any atom is -0.484 e. The normalized spacial score (nSPS) is 18.0. The summed E-state index contributed by atoms with van der Waals surface area (Å²) in [6.45, 7) is 6.66. The molecular weight excluding hydrogens is 244 g/mol. The van der Waals surface area contributed by atoms with Crippen LogP contribution in [0.2, 0.25) is 0 Å². The lowest BCUT2D eigenvalue weighted by molar-refractivity contribution is 0.0207. The molecule has 2 rings (SSSR count). The second-order valence-electron chi connectivity index (χ2n) is 4.17. The zero-order valence-electron chi connectivity index (χ0n) is 8.56. The summed E-state index contributed by atoms with van der Waals surface area (Å²) in [5.74, 6) is 1.64. The van der Waals surface area contributed by atoms with Crippen molar-refractivity contribution in [2.24, 2.45) is 0 Å². The molecule has 14 heavy (non-hydrogen) atoms. The Morgan fingerprint density at radius 1 is 1.36 bits per heavy atom. The molecule has 0 atom stereocenters. The molecule has 1 heterocycles. The third-order valence-corrected chi connectivity index (χ3v) is 3.19. The number of rotatable bonds is 0. The SMILES string of the molecule is Cc1ccc2c(c1Br)OCC(C)(C)O2. The fourth-order valence-corrected chi connectivity index (χ4v) is 1.87. The number of halogens is 1. The lowest BCUT2D eigenvalue weighted by Gasteiger charge is -2.33. The maximum atomic E-state index is 5.80. The Hall–Kier alpha value is -0.700. The van der Waals surface area contributed by atoms with Crippen molar-refractivity contribution in [1.82, 2.24) is 0 Å². The van der Waals surface area contributed by atoms with Gasteiger partial charge in [-0.15, -0.1) is 0 Å². The van der Waals surface area contributed by atoms with Gasteiger partial charge in [-0.05, 0) is 48.3 Å². The van der Waals surface area contributed by atoms with Crippen LogP contribution in [0, 0.1) is 6.92 Å². The van der Waals surface area contributed by atoms with E-state index in [0.29, 0.717) is 6.61 Å². The zero-order chi connectivity index (χ0) is 10.3. The predicted molar refractivity (Wildman–Crippen MR) is 59.1 cm³/mol. The first-order chi connectivity index (χ1) is 6.49. The third-order valence-electron chi connectivity index (χ3n) is 2.20. The highest BCUT2D eigenvalue weighted by molar-refractivity contribution is 9.10. The minimum absolute atomic E-state index is 0.234. The Morgan fingerprint density at radius 3 is 2.79 bits per heavy atom. The molecule has 1 aliphatic heterocycles. The number of aryl methyl sites for hydroxylation is 1. The molecule has 0 radical (unpaired) electrons. The van der Waals surface area contributed by atoms with Crippen molar-refractivity contribution in [2.45, 2.75) is 26.4 Å². The number of hydrogen-bond acceptors (Lipinski definition) is 2. The first-order valence-electron chi connectivity index (χ1n) is 4.60. The number of fused-ring (bicyclic) bond motifs is 1. The summed E-state index contributed by atoms with van der Waals surface area (Å²) in [4.78, 5) is 0. The van der Waals surface area contributed by atoms with E-state index in [4.69, 9.17) is 9.47 Å². The molecule has 2 nitrogen and oxygen atoms in total. The van der Waals surface area contributed by atoms with Crippen LogP contribution in [0.1, 0.15) is 19.4 Å². The van der Waals surface area contributed by atoms with E-state index < -0.39 is 0 Å². The quantitative estimate of drug-likeness (QED) is 0.709. The Bertz CT molecular complexity index is 372. The Labute approximate surface area is 92.3 Å². The molecule has 0 saturated heterocycles. The van der Waals surface area contributed by atoms with Gasteiger partial charge in [-0.2, -0.15) is 0 Å². The van der Waals surface area contributed by atoms with E-state index >= 15 is 0 Å². The molecule has 0 amide bonds. The van der Waals surface area contributed by atoms with Gasteiger partial charge in [0.2, 0.25) is 0 Å². The molecular formula is C11H13BrO2. The predicted octanol–water partition coefficient (Wildman–Crippen LogP) is 3.31. The highest BCUT2D eigenvalue weighted by Crippen LogP contribution is 2.42. The Balaban J connectivity index is 2.46. The lowest BCUT2D eigenvalue weighted by atomic mass is 10.1. The van der Waals surface area contributed by atoms with Crippen LogP contribution in [-0.4, -0.2) is 12.2 Å².